The number of carbonyl (C=O) groups excluding carboxylic acids is 1. The number of amides is 1. The maximum Gasteiger partial charge on any atom is 0.273 e. The van der Waals surface area contributed by atoms with Crippen LogP contribution in [0.15, 0.2) is 36.5 Å². The largest absolute Gasteiger partial charge is 0.397 e. The van der Waals surface area contributed by atoms with Crippen molar-refractivity contribution < 1.29 is 4.79 Å². The van der Waals surface area contributed by atoms with Crippen LogP contribution in [-0.2, 0) is 0 Å². The first-order valence-corrected chi connectivity index (χ1v) is 6.18. The maximum absolute atomic E-state index is 12.1. The molecule has 0 atom stereocenters. The minimum absolute atomic E-state index is 0.0729. The normalized spacial score (nSPS) is 10.7. The van der Waals surface area contributed by atoms with Crippen LogP contribution >= 0.6 is 11.6 Å². The number of nitrogens with zero attached hydrogens (tertiary/aromatic N) is 2. The maximum atomic E-state index is 12.1. The molecule has 0 radical (unpaired) electrons. The molecule has 4 N–H and O–H groups in total. The van der Waals surface area contributed by atoms with Gasteiger partial charge in [0.05, 0.1) is 11.2 Å². The minimum Gasteiger partial charge on any atom is -0.397 e. The molecular formula is C13H10ClN5O. The number of nitrogens with two attached hydrogens (primary N) is 1. The summed E-state index contributed by atoms with van der Waals surface area (Å²) < 4.78 is 0. The van der Waals surface area contributed by atoms with Crippen molar-refractivity contribution in [2.24, 2.45) is 0 Å². The summed E-state index contributed by atoms with van der Waals surface area (Å²) in [5.41, 5.74) is 7.56. The molecule has 0 aliphatic carbocycles. The lowest BCUT2D eigenvalue weighted by Crippen LogP contribution is -2.13. The molecule has 3 rings (SSSR count). The Hall–Kier alpha value is -2.60. The number of benzene rings is 1. The fourth-order valence-electron chi connectivity index (χ4n) is 1.89. The second kappa shape index (κ2) is 4.82. The van der Waals surface area contributed by atoms with Crippen molar-refractivity contribution in [3.8, 4) is 0 Å². The number of nitrogen functional groups attached to an aromatic ring is 1. The zero-order valence-electron chi connectivity index (χ0n) is 10.2. The summed E-state index contributed by atoms with van der Waals surface area (Å²) in [6, 6.07) is 8.76. The van der Waals surface area contributed by atoms with Gasteiger partial charge in [0.25, 0.3) is 5.91 Å². The van der Waals surface area contributed by atoms with Crippen molar-refractivity contribution in [2.45, 2.75) is 0 Å². The Balaban J connectivity index is 1.91. The summed E-state index contributed by atoms with van der Waals surface area (Å²) in [6.45, 7) is 0. The van der Waals surface area contributed by atoms with Crippen LogP contribution in [-0.4, -0.2) is 20.9 Å². The van der Waals surface area contributed by atoms with Gasteiger partial charge >= 0.3 is 0 Å². The number of para-hydroxylation sites is 1. The van der Waals surface area contributed by atoms with E-state index in [1.807, 2.05) is 12.1 Å². The lowest BCUT2D eigenvalue weighted by Gasteiger charge is -2.02. The smallest absolute Gasteiger partial charge is 0.273 e. The number of hydrogen-bond acceptors (Lipinski definition) is 4. The van der Waals surface area contributed by atoms with E-state index in [4.69, 9.17) is 17.3 Å². The molecule has 0 unspecified atom stereocenters. The zero-order chi connectivity index (χ0) is 14.1. The second-order valence-electron chi connectivity index (χ2n) is 4.16. The zero-order valence-corrected chi connectivity index (χ0v) is 11.0. The van der Waals surface area contributed by atoms with Crippen LogP contribution in [0.2, 0.25) is 5.28 Å². The first-order valence-electron chi connectivity index (χ1n) is 5.80. The number of aromatic nitrogens is 3. The van der Waals surface area contributed by atoms with E-state index in [0.29, 0.717) is 17.2 Å². The first-order chi connectivity index (χ1) is 9.63. The van der Waals surface area contributed by atoms with Crippen LogP contribution in [0.4, 0.5) is 11.5 Å². The Morgan fingerprint density at radius 3 is 2.95 bits per heavy atom. The average Bonchev–Trinajstić information content (AvgIpc) is 2.84. The number of aromatic amines is 1. The highest BCUT2D eigenvalue weighted by molar-refractivity contribution is 6.28. The molecule has 0 saturated carbocycles. The van der Waals surface area contributed by atoms with E-state index >= 15 is 0 Å². The van der Waals surface area contributed by atoms with E-state index < -0.39 is 0 Å². The van der Waals surface area contributed by atoms with Gasteiger partial charge in [-0.05, 0) is 29.8 Å². The van der Waals surface area contributed by atoms with Gasteiger partial charge in [-0.15, -0.1) is 0 Å². The van der Waals surface area contributed by atoms with Crippen molar-refractivity contribution in [2.75, 3.05) is 11.1 Å². The summed E-state index contributed by atoms with van der Waals surface area (Å²) in [6.07, 6.45) is 1.47. The molecule has 7 heteroatoms. The molecule has 2 heterocycles. The third kappa shape index (κ3) is 2.28. The summed E-state index contributed by atoms with van der Waals surface area (Å²) >= 11 is 5.66. The minimum atomic E-state index is -0.324. The van der Waals surface area contributed by atoms with Crippen LogP contribution in [0, 0.1) is 0 Å². The van der Waals surface area contributed by atoms with Gasteiger partial charge in [-0.25, -0.2) is 9.97 Å². The highest BCUT2D eigenvalue weighted by atomic mass is 35.5. The summed E-state index contributed by atoms with van der Waals surface area (Å²) in [5.74, 6) is 0.0111. The standard InChI is InChI=1S/C13H10ClN5O/c14-13-16-5-4-10(19-13)18-12(20)9-6-7-2-1-3-8(15)11(7)17-9/h1-6,17H,15H2,(H,16,18,19,20). The molecule has 1 aromatic carbocycles. The number of fused-ring (bicyclic) bond motifs is 1. The van der Waals surface area contributed by atoms with Crippen LogP contribution in [0.3, 0.4) is 0 Å². The molecule has 20 heavy (non-hydrogen) atoms. The van der Waals surface area contributed by atoms with Crippen molar-refractivity contribution in [3.05, 3.63) is 47.5 Å². The number of rotatable bonds is 2. The highest BCUT2D eigenvalue weighted by Gasteiger charge is 2.11. The third-order valence-corrected chi connectivity index (χ3v) is 2.98. The van der Waals surface area contributed by atoms with E-state index in [9.17, 15) is 4.79 Å². The Kier molecular flexibility index (Phi) is 3.00. The van der Waals surface area contributed by atoms with Crippen molar-refractivity contribution in [1.82, 2.24) is 15.0 Å². The molecule has 100 valence electrons. The molecule has 3 aromatic rings. The van der Waals surface area contributed by atoms with Gasteiger partial charge in [-0.3, -0.25) is 4.79 Å². The molecule has 0 aliphatic heterocycles. The Bertz CT molecular complexity index is 798. The quantitative estimate of drug-likeness (QED) is 0.498. The second-order valence-corrected chi connectivity index (χ2v) is 4.50. The lowest BCUT2D eigenvalue weighted by molar-refractivity contribution is 0.102. The first kappa shape index (κ1) is 12.4. The van der Waals surface area contributed by atoms with Gasteiger partial charge in [0.15, 0.2) is 0 Å². The van der Waals surface area contributed by atoms with Crippen LogP contribution in [0.25, 0.3) is 10.9 Å². The predicted octanol–water partition coefficient (Wildman–Crippen LogP) is 2.45. The number of halogens is 1. The number of H-pyrrole nitrogens is 1. The molecule has 0 fully saturated rings. The van der Waals surface area contributed by atoms with E-state index in [1.165, 1.54) is 6.20 Å². The van der Waals surface area contributed by atoms with Crippen molar-refractivity contribution in [1.29, 1.82) is 0 Å². The molecule has 2 aromatic heterocycles. The fourth-order valence-corrected chi connectivity index (χ4v) is 2.04. The van der Waals surface area contributed by atoms with Gasteiger partial charge < -0.3 is 16.0 Å². The Morgan fingerprint density at radius 1 is 1.35 bits per heavy atom. The summed E-state index contributed by atoms with van der Waals surface area (Å²) in [5, 5.41) is 3.58. The average molecular weight is 288 g/mol. The Morgan fingerprint density at radius 2 is 2.20 bits per heavy atom. The molecule has 0 bridgehead atoms. The lowest BCUT2D eigenvalue weighted by atomic mass is 10.2. The third-order valence-electron chi connectivity index (χ3n) is 2.80. The molecule has 0 saturated heterocycles. The van der Waals surface area contributed by atoms with E-state index in [0.717, 1.165) is 10.9 Å². The van der Waals surface area contributed by atoms with Gasteiger partial charge in [-0.1, -0.05) is 12.1 Å². The van der Waals surface area contributed by atoms with Crippen molar-refractivity contribution >= 4 is 39.9 Å². The fraction of sp³-hybridized carbons (Fsp3) is 0. The van der Waals surface area contributed by atoms with Crippen LogP contribution < -0.4 is 11.1 Å². The molecule has 0 aliphatic rings. The van der Waals surface area contributed by atoms with E-state index in [2.05, 4.69) is 20.3 Å². The SMILES string of the molecule is Nc1cccc2cc(C(=O)Nc3ccnc(Cl)n3)[nH]c12. The topological polar surface area (TPSA) is 96.7 Å². The number of hydrogen-bond donors (Lipinski definition) is 3. The van der Waals surface area contributed by atoms with Crippen LogP contribution in [0.1, 0.15) is 10.5 Å². The number of anilines is 2. The molecule has 1 amide bonds. The van der Waals surface area contributed by atoms with E-state index in [1.54, 1.807) is 18.2 Å². The van der Waals surface area contributed by atoms with Crippen molar-refractivity contribution in [3.63, 3.8) is 0 Å². The van der Waals surface area contributed by atoms with E-state index in [-0.39, 0.29) is 11.2 Å². The number of nitrogens with one attached hydrogen (secondary N) is 2. The molecule has 6 nitrogen and oxygen atoms in total. The molecular weight excluding hydrogens is 278 g/mol. The predicted molar refractivity (Wildman–Crippen MR) is 77.7 cm³/mol. The van der Waals surface area contributed by atoms with Gasteiger partial charge in [0.1, 0.15) is 11.5 Å². The number of carbonyl (C=O) groups is 1. The van der Waals surface area contributed by atoms with Crippen LogP contribution in [0.5, 0.6) is 0 Å². The van der Waals surface area contributed by atoms with Gasteiger partial charge in [0.2, 0.25) is 5.28 Å². The summed E-state index contributed by atoms with van der Waals surface area (Å²) in [4.78, 5) is 22.7. The molecule has 0 spiro atoms. The summed E-state index contributed by atoms with van der Waals surface area (Å²) in [7, 11) is 0. The monoisotopic (exact) mass is 287 g/mol. The highest BCUT2D eigenvalue weighted by Crippen LogP contribution is 2.21. The van der Waals surface area contributed by atoms with Gasteiger partial charge in [-0.2, -0.15) is 0 Å². The van der Waals surface area contributed by atoms with Gasteiger partial charge in [0, 0.05) is 11.6 Å². The Labute approximate surface area is 119 Å².